The maximum absolute atomic E-state index is 6.71. The molecule has 0 aliphatic carbocycles. The SMILES string of the molecule is CC=C1Cc2c3cccc2C2(c4ccccc4Oc4ccccc42)c2cccc(c2C)CN2C=C4C=CC5=CN(C3)C(C)N5N4C12. The third kappa shape index (κ3) is 3.20. The first-order valence-electron chi connectivity index (χ1n) is 16.5. The molecule has 0 amide bonds. The highest BCUT2D eigenvalue weighted by Crippen LogP contribution is 2.58. The minimum atomic E-state index is -0.561. The van der Waals surface area contributed by atoms with E-state index in [1.54, 1.807) is 0 Å². The van der Waals surface area contributed by atoms with Crippen molar-refractivity contribution in [2.75, 3.05) is 0 Å². The average molecular weight is 601 g/mol. The zero-order chi connectivity index (χ0) is 30.7. The maximum atomic E-state index is 6.71. The topological polar surface area (TPSA) is 22.2 Å². The molecular weight excluding hydrogens is 564 g/mol. The molecule has 6 bridgehead atoms. The summed E-state index contributed by atoms with van der Waals surface area (Å²) in [6, 6.07) is 31.5. The first-order valence-corrected chi connectivity index (χ1v) is 16.5. The molecule has 4 aromatic rings. The Kier molecular flexibility index (Phi) is 5.22. The standard InChI is InChI=1S/C41H36N4O/c1-4-28-21-33-30-12-10-16-35(33)41(36-13-5-7-17-38(36)46-39-18-8-6-14-37(39)41)34-15-9-11-29(26(34)2)22-43-25-32-20-19-31-24-42(23-30)27(3)44(31)45(32)40(28)43/h4-20,24-25,27,40H,21-23H2,1-3H3. The van der Waals surface area contributed by atoms with Gasteiger partial charge >= 0.3 is 0 Å². The van der Waals surface area contributed by atoms with E-state index >= 15 is 0 Å². The third-order valence-corrected chi connectivity index (χ3v) is 11.3. The Morgan fingerprint density at radius 3 is 2.04 bits per heavy atom. The smallest absolute Gasteiger partial charge is 0.144 e. The van der Waals surface area contributed by atoms with Crippen LogP contribution in [0.25, 0.3) is 0 Å². The number of allylic oxidation sites excluding steroid dienone is 3. The summed E-state index contributed by atoms with van der Waals surface area (Å²) >= 11 is 0. The quantitative estimate of drug-likeness (QED) is 0.167. The lowest BCUT2D eigenvalue weighted by atomic mass is 9.60. The van der Waals surface area contributed by atoms with Gasteiger partial charge in [0.1, 0.15) is 23.8 Å². The van der Waals surface area contributed by atoms with Crippen LogP contribution in [-0.2, 0) is 24.9 Å². The molecular formula is C41H36N4O. The van der Waals surface area contributed by atoms with Crippen LogP contribution in [-0.4, -0.2) is 32.1 Å². The fourth-order valence-electron chi connectivity index (χ4n) is 9.17. The number of hydrogen-bond acceptors (Lipinski definition) is 5. The van der Waals surface area contributed by atoms with E-state index in [4.69, 9.17) is 4.74 Å². The molecule has 0 N–H and O–H groups in total. The van der Waals surface area contributed by atoms with Gasteiger partial charge in [-0.05, 0) is 90.4 Å². The molecule has 46 heavy (non-hydrogen) atoms. The normalized spacial score (nSPS) is 23.2. The second kappa shape index (κ2) is 9.20. The first kappa shape index (κ1) is 26.1. The Morgan fingerprint density at radius 2 is 1.30 bits per heavy atom. The molecule has 4 aromatic carbocycles. The Bertz CT molecular complexity index is 2060. The van der Waals surface area contributed by atoms with Gasteiger partial charge in [0, 0.05) is 36.6 Å². The van der Waals surface area contributed by atoms with Crippen molar-refractivity contribution in [1.29, 1.82) is 0 Å². The lowest BCUT2D eigenvalue weighted by Gasteiger charge is -2.47. The Morgan fingerprint density at radius 1 is 0.696 bits per heavy atom. The summed E-state index contributed by atoms with van der Waals surface area (Å²) in [6.45, 7) is 8.58. The number of rotatable bonds is 0. The van der Waals surface area contributed by atoms with E-state index in [9.17, 15) is 0 Å². The van der Waals surface area contributed by atoms with E-state index in [1.165, 1.54) is 61.5 Å². The number of benzene rings is 4. The Hall–Kier alpha value is -5.16. The summed E-state index contributed by atoms with van der Waals surface area (Å²) < 4.78 is 6.71. The highest BCUT2D eigenvalue weighted by Gasteiger charge is 2.50. The van der Waals surface area contributed by atoms with E-state index in [2.05, 4.69) is 156 Å². The van der Waals surface area contributed by atoms with E-state index in [0.29, 0.717) is 0 Å². The number of hydrogen-bond donors (Lipinski definition) is 0. The van der Waals surface area contributed by atoms with E-state index < -0.39 is 5.41 Å². The van der Waals surface area contributed by atoms with Crippen molar-refractivity contribution in [3.05, 3.63) is 177 Å². The molecule has 0 radical (unpaired) electrons. The van der Waals surface area contributed by atoms with Gasteiger partial charge in [-0.1, -0.05) is 78.9 Å². The molecule has 5 heteroatoms. The van der Waals surface area contributed by atoms with Gasteiger partial charge in [0.2, 0.25) is 0 Å². The van der Waals surface area contributed by atoms with E-state index in [0.717, 1.165) is 31.0 Å². The van der Waals surface area contributed by atoms with Gasteiger partial charge in [0.15, 0.2) is 0 Å². The summed E-state index contributed by atoms with van der Waals surface area (Å²) in [5.41, 5.74) is 13.9. The average Bonchev–Trinajstić information content (AvgIpc) is 3.59. The Labute approximate surface area is 270 Å². The molecule has 1 spiro atoms. The number of ether oxygens (including phenoxy) is 1. The Balaban J connectivity index is 1.39. The third-order valence-electron chi connectivity index (χ3n) is 11.3. The number of para-hydroxylation sites is 2. The van der Waals surface area contributed by atoms with Crippen LogP contribution in [0.5, 0.6) is 11.5 Å². The fourth-order valence-corrected chi connectivity index (χ4v) is 9.17. The van der Waals surface area contributed by atoms with Crippen molar-refractivity contribution >= 4 is 0 Å². The molecule has 226 valence electrons. The van der Waals surface area contributed by atoms with Crippen LogP contribution in [0, 0.1) is 6.92 Å². The van der Waals surface area contributed by atoms with Gasteiger partial charge in [0.25, 0.3) is 0 Å². The lowest BCUT2D eigenvalue weighted by Crippen LogP contribution is -2.55. The number of hydrazine groups is 1. The minimum absolute atomic E-state index is 0.0705. The summed E-state index contributed by atoms with van der Waals surface area (Å²) in [5, 5.41) is 5.08. The van der Waals surface area contributed by atoms with Crippen molar-refractivity contribution in [2.45, 2.75) is 58.0 Å². The van der Waals surface area contributed by atoms with Gasteiger partial charge in [-0.15, -0.1) is 0 Å². The van der Waals surface area contributed by atoms with Gasteiger partial charge < -0.3 is 14.5 Å². The molecule has 0 aromatic heterocycles. The first-order chi connectivity index (χ1) is 22.6. The highest BCUT2D eigenvalue weighted by molar-refractivity contribution is 5.72. The van der Waals surface area contributed by atoms with Crippen LogP contribution in [0.15, 0.2) is 133 Å². The van der Waals surface area contributed by atoms with Gasteiger partial charge in [-0.3, -0.25) is 10.0 Å². The summed E-state index contributed by atoms with van der Waals surface area (Å²) in [7, 11) is 0. The molecule has 6 aliphatic rings. The second-order valence-electron chi connectivity index (χ2n) is 13.4. The number of fused-ring (bicyclic) bond motifs is 10. The van der Waals surface area contributed by atoms with Crippen LogP contribution in [0.1, 0.15) is 58.4 Å². The zero-order valence-corrected chi connectivity index (χ0v) is 26.4. The molecule has 2 unspecified atom stereocenters. The largest absolute Gasteiger partial charge is 0.457 e. The van der Waals surface area contributed by atoms with Gasteiger partial charge in [0.05, 0.1) is 16.8 Å². The predicted octanol–water partition coefficient (Wildman–Crippen LogP) is 8.07. The van der Waals surface area contributed by atoms with Crippen LogP contribution >= 0.6 is 0 Å². The highest BCUT2D eigenvalue weighted by atomic mass is 16.5. The molecule has 10 rings (SSSR count). The van der Waals surface area contributed by atoms with Gasteiger partial charge in [-0.2, -0.15) is 0 Å². The van der Waals surface area contributed by atoms with Crippen molar-refractivity contribution in [1.82, 2.24) is 19.8 Å². The number of nitrogens with zero attached hydrogens (tertiary/aromatic N) is 4. The fraction of sp³-hybridized carbons (Fsp3) is 0.220. The molecule has 6 heterocycles. The van der Waals surface area contributed by atoms with Crippen molar-refractivity contribution < 1.29 is 4.74 Å². The monoisotopic (exact) mass is 600 g/mol. The minimum Gasteiger partial charge on any atom is -0.457 e. The van der Waals surface area contributed by atoms with E-state index in [1.807, 2.05) is 0 Å². The van der Waals surface area contributed by atoms with Crippen LogP contribution in [0.3, 0.4) is 0 Å². The molecule has 0 fully saturated rings. The molecule has 2 atom stereocenters. The van der Waals surface area contributed by atoms with Crippen molar-refractivity contribution in [2.24, 2.45) is 0 Å². The predicted molar refractivity (Wildman–Crippen MR) is 180 cm³/mol. The van der Waals surface area contributed by atoms with Crippen molar-refractivity contribution in [3.63, 3.8) is 0 Å². The van der Waals surface area contributed by atoms with Crippen LogP contribution in [0.4, 0.5) is 0 Å². The summed E-state index contributed by atoms with van der Waals surface area (Å²) in [5.74, 6) is 1.86. The second-order valence-corrected chi connectivity index (χ2v) is 13.4. The molecule has 0 saturated heterocycles. The zero-order valence-electron chi connectivity index (χ0n) is 26.4. The summed E-state index contributed by atoms with van der Waals surface area (Å²) in [6.07, 6.45) is 12.8. The summed E-state index contributed by atoms with van der Waals surface area (Å²) in [4.78, 5) is 5.10. The molecule has 0 saturated carbocycles. The van der Waals surface area contributed by atoms with Crippen molar-refractivity contribution in [3.8, 4) is 11.5 Å². The lowest BCUT2D eigenvalue weighted by molar-refractivity contribution is -0.0594. The van der Waals surface area contributed by atoms with Gasteiger partial charge in [-0.25, -0.2) is 0 Å². The molecule has 5 nitrogen and oxygen atoms in total. The van der Waals surface area contributed by atoms with Crippen LogP contribution < -0.4 is 4.74 Å². The van der Waals surface area contributed by atoms with E-state index in [-0.39, 0.29) is 12.3 Å². The maximum Gasteiger partial charge on any atom is 0.144 e. The molecule has 6 aliphatic heterocycles. The van der Waals surface area contributed by atoms with Crippen LogP contribution in [0.2, 0.25) is 0 Å².